The highest BCUT2D eigenvalue weighted by molar-refractivity contribution is 5.94. The Labute approximate surface area is 164 Å². The van der Waals surface area contributed by atoms with Crippen LogP contribution in [-0.2, 0) is 25.7 Å². The number of carbonyl (C=O) groups is 1. The molecule has 156 valence electrons. The Morgan fingerprint density at radius 3 is 2.90 bits per heavy atom. The zero-order valence-corrected chi connectivity index (χ0v) is 15.8. The van der Waals surface area contributed by atoms with Gasteiger partial charge in [0.25, 0.3) is 5.91 Å². The second-order valence-corrected chi connectivity index (χ2v) is 7.43. The van der Waals surface area contributed by atoms with E-state index in [0.29, 0.717) is 31.7 Å². The minimum atomic E-state index is -4.75. The summed E-state index contributed by atoms with van der Waals surface area (Å²) in [5, 5.41) is 10.4. The van der Waals surface area contributed by atoms with Crippen LogP contribution in [0.25, 0.3) is 0 Å². The third kappa shape index (κ3) is 3.81. The highest BCUT2D eigenvalue weighted by Crippen LogP contribution is 2.33. The first kappa shape index (κ1) is 19.7. The summed E-state index contributed by atoms with van der Waals surface area (Å²) in [5.41, 5.74) is 1.20. The van der Waals surface area contributed by atoms with E-state index in [-0.39, 0.29) is 24.3 Å². The molecular formula is C19H21F4N5O. The summed E-state index contributed by atoms with van der Waals surface area (Å²) in [4.78, 5) is 14.4. The van der Waals surface area contributed by atoms with E-state index in [1.165, 1.54) is 6.07 Å². The molecule has 2 aromatic rings. The van der Waals surface area contributed by atoms with Crippen LogP contribution in [0, 0.1) is 5.82 Å². The van der Waals surface area contributed by atoms with Gasteiger partial charge in [-0.2, -0.15) is 18.3 Å². The maximum absolute atomic E-state index is 13.5. The van der Waals surface area contributed by atoms with Crippen LogP contribution in [0.3, 0.4) is 0 Å². The fourth-order valence-corrected chi connectivity index (χ4v) is 3.83. The van der Waals surface area contributed by atoms with E-state index in [2.05, 4.69) is 15.7 Å². The molecule has 1 aromatic carbocycles. The Bertz CT molecular complexity index is 939. The molecule has 3 heterocycles. The van der Waals surface area contributed by atoms with Gasteiger partial charge in [0, 0.05) is 43.3 Å². The summed E-state index contributed by atoms with van der Waals surface area (Å²) in [6, 6.07) is 2.95. The molecule has 0 spiro atoms. The fraction of sp³-hybridized carbons (Fsp3) is 0.474. The van der Waals surface area contributed by atoms with Crippen LogP contribution in [0.4, 0.5) is 23.2 Å². The van der Waals surface area contributed by atoms with E-state index < -0.39 is 17.6 Å². The third-order valence-electron chi connectivity index (χ3n) is 5.41. The van der Waals surface area contributed by atoms with Gasteiger partial charge in [-0.25, -0.2) is 4.39 Å². The van der Waals surface area contributed by atoms with Crippen molar-refractivity contribution in [3.05, 3.63) is 46.5 Å². The molecule has 0 radical (unpaired) electrons. The lowest BCUT2D eigenvalue weighted by molar-refractivity contribution is -0.139. The molecular weight excluding hydrogens is 390 g/mol. The normalized spacial score (nSPS) is 19.9. The number of nitrogens with zero attached hydrogens (tertiary/aromatic N) is 3. The van der Waals surface area contributed by atoms with Crippen molar-refractivity contribution in [1.82, 2.24) is 20.0 Å². The van der Waals surface area contributed by atoms with Crippen LogP contribution in [0.15, 0.2) is 18.2 Å². The topological polar surface area (TPSA) is 62.2 Å². The van der Waals surface area contributed by atoms with Gasteiger partial charge in [-0.1, -0.05) is 0 Å². The predicted octanol–water partition coefficient (Wildman–Crippen LogP) is 2.99. The Kier molecular flexibility index (Phi) is 4.97. The number of amides is 1. The highest BCUT2D eigenvalue weighted by atomic mass is 19.4. The van der Waals surface area contributed by atoms with Crippen molar-refractivity contribution in [1.29, 1.82) is 0 Å². The second-order valence-electron chi connectivity index (χ2n) is 7.43. The number of halogens is 4. The van der Waals surface area contributed by atoms with E-state index in [1.54, 1.807) is 4.68 Å². The molecule has 2 aliphatic rings. The van der Waals surface area contributed by atoms with Crippen LogP contribution < -0.4 is 10.6 Å². The van der Waals surface area contributed by atoms with Gasteiger partial charge in [0.15, 0.2) is 0 Å². The van der Waals surface area contributed by atoms with Crippen LogP contribution in [-0.4, -0.2) is 39.8 Å². The van der Waals surface area contributed by atoms with E-state index in [4.69, 9.17) is 0 Å². The van der Waals surface area contributed by atoms with Gasteiger partial charge in [-0.05, 0) is 31.5 Å². The standard InChI is InChI=1S/C19H21F4N5O/c1-11-7-16-13(17-18(29)24-5-2-6-28(17)26-16)9-27(11)10-25-12-3-4-15(20)14(8-12)19(21,22)23/h3-4,8,11,25H,2,5-7,9-10H2,1H3,(H,24,29)/t11-/m1/s1. The lowest BCUT2D eigenvalue weighted by atomic mass is 10.00. The summed E-state index contributed by atoms with van der Waals surface area (Å²) in [5.74, 6) is -1.44. The van der Waals surface area contributed by atoms with Gasteiger partial charge >= 0.3 is 6.18 Å². The van der Waals surface area contributed by atoms with Crippen LogP contribution in [0.1, 0.15) is 40.7 Å². The fourth-order valence-electron chi connectivity index (χ4n) is 3.83. The number of alkyl halides is 3. The molecule has 29 heavy (non-hydrogen) atoms. The second kappa shape index (κ2) is 7.33. The first-order valence-corrected chi connectivity index (χ1v) is 9.45. The molecule has 1 atom stereocenters. The summed E-state index contributed by atoms with van der Waals surface area (Å²) in [7, 11) is 0. The number of rotatable bonds is 3. The number of aromatic nitrogens is 2. The molecule has 10 heteroatoms. The summed E-state index contributed by atoms with van der Waals surface area (Å²) < 4.78 is 54.0. The van der Waals surface area contributed by atoms with Crippen molar-refractivity contribution in [2.75, 3.05) is 18.5 Å². The minimum absolute atomic E-state index is 0.0831. The molecule has 0 saturated heterocycles. The van der Waals surface area contributed by atoms with Gasteiger partial charge in [0.2, 0.25) is 0 Å². The van der Waals surface area contributed by atoms with Crippen molar-refractivity contribution in [2.24, 2.45) is 0 Å². The number of hydrogen-bond acceptors (Lipinski definition) is 4. The van der Waals surface area contributed by atoms with E-state index in [1.807, 2.05) is 11.8 Å². The Hall–Kier alpha value is -2.62. The minimum Gasteiger partial charge on any atom is -0.372 e. The first-order chi connectivity index (χ1) is 13.7. The number of aryl methyl sites for hydroxylation is 1. The lowest BCUT2D eigenvalue weighted by Crippen LogP contribution is -2.41. The quantitative estimate of drug-likeness (QED) is 0.763. The lowest BCUT2D eigenvalue weighted by Gasteiger charge is -2.33. The van der Waals surface area contributed by atoms with Crippen LogP contribution in [0.2, 0.25) is 0 Å². The molecule has 0 bridgehead atoms. The SMILES string of the molecule is C[C@@H]1Cc2nn3c(c2CN1CNc1ccc(F)c(C(F)(F)F)c1)C(=O)NCCC3. The third-order valence-corrected chi connectivity index (χ3v) is 5.41. The van der Waals surface area contributed by atoms with Gasteiger partial charge in [-0.3, -0.25) is 14.4 Å². The van der Waals surface area contributed by atoms with E-state index in [9.17, 15) is 22.4 Å². The number of nitrogens with one attached hydrogen (secondary N) is 2. The molecule has 0 saturated carbocycles. The predicted molar refractivity (Wildman–Crippen MR) is 97.8 cm³/mol. The Morgan fingerprint density at radius 2 is 2.14 bits per heavy atom. The summed E-state index contributed by atoms with van der Waals surface area (Å²) in [6.45, 7) is 3.99. The Morgan fingerprint density at radius 1 is 1.34 bits per heavy atom. The van der Waals surface area contributed by atoms with Crippen LogP contribution >= 0.6 is 0 Å². The molecule has 0 aliphatic carbocycles. The van der Waals surface area contributed by atoms with Crippen molar-refractivity contribution in [3.63, 3.8) is 0 Å². The molecule has 4 rings (SSSR count). The number of benzene rings is 1. The van der Waals surface area contributed by atoms with E-state index >= 15 is 0 Å². The average Bonchev–Trinajstić information content (AvgIpc) is 2.89. The number of carbonyl (C=O) groups excluding carboxylic acids is 1. The zero-order chi connectivity index (χ0) is 20.8. The van der Waals surface area contributed by atoms with Gasteiger partial charge in [0.1, 0.15) is 11.5 Å². The van der Waals surface area contributed by atoms with Crippen molar-refractivity contribution in [2.45, 2.75) is 45.1 Å². The van der Waals surface area contributed by atoms with Crippen molar-refractivity contribution in [3.8, 4) is 0 Å². The smallest absolute Gasteiger partial charge is 0.372 e. The summed E-state index contributed by atoms with van der Waals surface area (Å²) in [6.07, 6.45) is -3.30. The molecule has 1 aromatic heterocycles. The average molecular weight is 411 g/mol. The number of fused-ring (bicyclic) bond motifs is 3. The zero-order valence-electron chi connectivity index (χ0n) is 15.8. The highest BCUT2D eigenvalue weighted by Gasteiger charge is 2.35. The molecule has 1 amide bonds. The monoisotopic (exact) mass is 411 g/mol. The molecule has 6 nitrogen and oxygen atoms in total. The van der Waals surface area contributed by atoms with Crippen molar-refractivity contribution < 1.29 is 22.4 Å². The largest absolute Gasteiger partial charge is 0.419 e. The van der Waals surface area contributed by atoms with Gasteiger partial charge in [-0.15, -0.1) is 0 Å². The maximum atomic E-state index is 13.5. The molecule has 2 aliphatic heterocycles. The molecule has 0 unspecified atom stereocenters. The van der Waals surface area contributed by atoms with Gasteiger partial charge < -0.3 is 10.6 Å². The maximum Gasteiger partial charge on any atom is 0.419 e. The van der Waals surface area contributed by atoms with Crippen molar-refractivity contribution >= 4 is 11.6 Å². The summed E-state index contributed by atoms with van der Waals surface area (Å²) >= 11 is 0. The van der Waals surface area contributed by atoms with E-state index in [0.717, 1.165) is 29.8 Å². The molecule has 0 fully saturated rings. The Balaban J connectivity index is 1.52. The van der Waals surface area contributed by atoms with Gasteiger partial charge in [0.05, 0.1) is 17.9 Å². The van der Waals surface area contributed by atoms with Crippen LogP contribution in [0.5, 0.6) is 0 Å². The first-order valence-electron chi connectivity index (χ1n) is 9.45. The number of anilines is 1. The molecule has 2 N–H and O–H groups in total. The number of hydrogen-bond donors (Lipinski definition) is 2.